The molecule has 2 atom stereocenters. The number of fused-ring (bicyclic) bond motifs is 2. The second kappa shape index (κ2) is 8.54. The Morgan fingerprint density at radius 3 is 3.00 bits per heavy atom. The lowest BCUT2D eigenvalue weighted by Crippen LogP contribution is -2.40. The number of rotatable bonds is 5. The lowest BCUT2D eigenvalue weighted by atomic mass is 9.98. The summed E-state index contributed by atoms with van der Waals surface area (Å²) >= 11 is 0. The number of aromatic amines is 1. The summed E-state index contributed by atoms with van der Waals surface area (Å²) in [5.41, 5.74) is 3.14. The van der Waals surface area contributed by atoms with Crippen LogP contribution in [-0.2, 0) is 19.4 Å². The topological polar surface area (TPSA) is 70.7 Å². The van der Waals surface area contributed by atoms with Crippen LogP contribution in [0.1, 0.15) is 43.5 Å². The highest BCUT2D eigenvalue weighted by molar-refractivity contribution is 5.44. The lowest BCUT2D eigenvalue weighted by Gasteiger charge is -2.33. The third-order valence-electron chi connectivity index (χ3n) is 6.69. The summed E-state index contributed by atoms with van der Waals surface area (Å²) in [6, 6.07) is 6.22. The van der Waals surface area contributed by atoms with Crippen LogP contribution in [0.3, 0.4) is 0 Å². The molecule has 1 N–H and O–H groups in total. The van der Waals surface area contributed by atoms with Gasteiger partial charge in [0.1, 0.15) is 0 Å². The van der Waals surface area contributed by atoms with Crippen molar-refractivity contribution in [1.29, 1.82) is 0 Å². The third-order valence-corrected chi connectivity index (χ3v) is 6.69. The Labute approximate surface area is 183 Å². The molecule has 0 saturated carbocycles. The maximum Gasteiger partial charge on any atom is 0.255 e. The van der Waals surface area contributed by atoms with Crippen molar-refractivity contribution in [3.8, 4) is 11.5 Å². The molecule has 0 aliphatic carbocycles. The second-order valence-corrected chi connectivity index (χ2v) is 9.49. The monoisotopic (exact) mass is 424 g/mol. The van der Waals surface area contributed by atoms with Crippen LogP contribution < -0.4 is 19.9 Å². The van der Waals surface area contributed by atoms with E-state index in [0.29, 0.717) is 18.6 Å². The van der Waals surface area contributed by atoms with Crippen LogP contribution in [0.25, 0.3) is 0 Å². The molecule has 1 aromatic heterocycles. The van der Waals surface area contributed by atoms with Crippen molar-refractivity contribution in [3.63, 3.8) is 0 Å². The summed E-state index contributed by atoms with van der Waals surface area (Å²) in [5, 5.41) is 0. The minimum absolute atomic E-state index is 0.0475. The van der Waals surface area contributed by atoms with Gasteiger partial charge in [-0.25, -0.2) is 4.98 Å². The Morgan fingerprint density at radius 1 is 1.26 bits per heavy atom. The largest absolute Gasteiger partial charge is 0.454 e. The number of nitrogens with zero attached hydrogens (tertiary/aromatic N) is 3. The van der Waals surface area contributed by atoms with Crippen molar-refractivity contribution in [2.24, 2.45) is 11.8 Å². The predicted molar refractivity (Wildman–Crippen MR) is 120 cm³/mol. The molecule has 5 rings (SSSR count). The molecule has 0 amide bonds. The third kappa shape index (κ3) is 4.42. The van der Waals surface area contributed by atoms with E-state index in [-0.39, 0.29) is 5.56 Å². The van der Waals surface area contributed by atoms with Crippen LogP contribution in [0.4, 0.5) is 5.95 Å². The SMILES string of the molecule is C[C@@H](Cc1ccc2c(c1)OCO2)CN1CCc2c(nc(N3CCC[C@H](C)C3)[nH]c2=O)C1. The highest BCUT2D eigenvalue weighted by Gasteiger charge is 2.25. The first kappa shape index (κ1) is 20.4. The number of H-pyrrole nitrogens is 1. The number of aromatic nitrogens is 2. The minimum Gasteiger partial charge on any atom is -0.454 e. The molecule has 7 heteroatoms. The summed E-state index contributed by atoms with van der Waals surface area (Å²) in [6.07, 6.45) is 4.16. The average Bonchev–Trinajstić information content (AvgIpc) is 3.21. The molecule has 3 aliphatic heterocycles. The molecule has 0 spiro atoms. The van der Waals surface area contributed by atoms with E-state index < -0.39 is 0 Å². The maximum absolute atomic E-state index is 12.7. The van der Waals surface area contributed by atoms with Crippen molar-refractivity contribution in [1.82, 2.24) is 14.9 Å². The van der Waals surface area contributed by atoms with Crippen LogP contribution >= 0.6 is 0 Å². The zero-order chi connectivity index (χ0) is 21.4. The summed E-state index contributed by atoms with van der Waals surface area (Å²) in [4.78, 5) is 25.4. The fourth-order valence-corrected chi connectivity index (χ4v) is 5.14. The number of nitrogens with one attached hydrogen (secondary N) is 1. The molecule has 166 valence electrons. The van der Waals surface area contributed by atoms with Gasteiger partial charge in [0, 0.05) is 38.3 Å². The molecular weight excluding hydrogens is 392 g/mol. The molecule has 0 bridgehead atoms. The quantitative estimate of drug-likeness (QED) is 0.796. The van der Waals surface area contributed by atoms with Crippen LogP contribution in [0.2, 0.25) is 0 Å². The van der Waals surface area contributed by atoms with Gasteiger partial charge in [-0.3, -0.25) is 14.7 Å². The predicted octanol–water partition coefficient (Wildman–Crippen LogP) is 2.97. The first-order valence-corrected chi connectivity index (χ1v) is 11.5. The number of anilines is 1. The van der Waals surface area contributed by atoms with E-state index >= 15 is 0 Å². The molecule has 7 nitrogen and oxygen atoms in total. The van der Waals surface area contributed by atoms with Crippen molar-refractivity contribution >= 4 is 5.95 Å². The van der Waals surface area contributed by atoms with E-state index in [0.717, 1.165) is 80.7 Å². The van der Waals surface area contributed by atoms with Crippen molar-refractivity contribution < 1.29 is 9.47 Å². The molecule has 0 radical (unpaired) electrons. The summed E-state index contributed by atoms with van der Waals surface area (Å²) in [6.45, 7) is 9.45. The summed E-state index contributed by atoms with van der Waals surface area (Å²) in [7, 11) is 0. The van der Waals surface area contributed by atoms with Gasteiger partial charge in [-0.2, -0.15) is 0 Å². The zero-order valence-corrected chi connectivity index (χ0v) is 18.5. The Kier molecular flexibility index (Phi) is 5.61. The van der Waals surface area contributed by atoms with E-state index in [1.165, 1.54) is 12.0 Å². The molecule has 3 aliphatic rings. The Hall–Kier alpha value is -2.54. The van der Waals surface area contributed by atoms with Crippen molar-refractivity contribution in [2.75, 3.05) is 37.9 Å². The molecule has 1 fully saturated rings. The molecule has 0 unspecified atom stereocenters. The Balaban J connectivity index is 1.25. The molecular formula is C24H32N4O3. The van der Waals surface area contributed by atoms with Gasteiger partial charge in [-0.05, 0) is 55.2 Å². The molecule has 1 aromatic carbocycles. The number of ether oxygens (including phenoxy) is 2. The molecule has 1 saturated heterocycles. The standard InChI is InChI=1S/C24H32N4O3/c1-16-4-3-8-28(13-16)24-25-20-14-27(9-7-19(20)23(29)26-24)12-17(2)10-18-5-6-21-22(11-18)31-15-30-21/h5-6,11,16-17H,3-4,7-10,12-15H2,1-2H3,(H,25,26,29)/t16-,17-/m0/s1. The lowest BCUT2D eigenvalue weighted by molar-refractivity contribution is 0.174. The fraction of sp³-hybridized carbons (Fsp3) is 0.583. The minimum atomic E-state index is 0.0475. The Morgan fingerprint density at radius 2 is 2.13 bits per heavy atom. The van der Waals surface area contributed by atoms with Crippen LogP contribution in [0.5, 0.6) is 11.5 Å². The Bertz CT molecular complexity index is 1000. The number of hydrogen-bond acceptors (Lipinski definition) is 6. The fourth-order valence-electron chi connectivity index (χ4n) is 5.14. The van der Waals surface area contributed by atoms with E-state index in [4.69, 9.17) is 14.5 Å². The molecule has 2 aromatic rings. The van der Waals surface area contributed by atoms with E-state index in [9.17, 15) is 4.79 Å². The van der Waals surface area contributed by atoms with Gasteiger partial charge >= 0.3 is 0 Å². The van der Waals surface area contributed by atoms with Gasteiger partial charge in [-0.1, -0.05) is 19.9 Å². The molecule has 4 heterocycles. The number of piperidine rings is 1. The highest BCUT2D eigenvalue weighted by atomic mass is 16.7. The molecule has 31 heavy (non-hydrogen) atoms. The van der Waals surface area contributed by atoms with Crippen LogP contribution in [-0.4, -0.2) is 47.8 Å². The average molecular weight is 425 g/mol. The van der Waals surface area contributed by atoms with E-state index in [1.807, 2.05) is 6.07 Å². The van der Waals surface area contributed by atoms with Gasteiger partial charge in [0.2, 0.25) is 12.7 Å². The van der Waals surface area contributed by atoms with Gasteiger partial charge in [-0.15, -0.1) is 0 Å². The van der Waals surface area contributed by atoms with Gasteiger partial charge < -0.3 is 14.4 Å². The second-order valence-electron chi connectivity index (χ2n) is 9.49. The van der Waals surface area contributed by atoms with Crippen LogP contribution in [0.15, 0.2) is 23.0 Å². The normalized spacial score (nSPS) is 21.7. The highest BCUT2D eigenvalue weighted by Crippen LogP contribution is 2.33. The van der Waals surface area contributed by atoms with Crippen molar-refractivity contribution in [2.45, 2.75) is 46.1 Å². The first-order chi connectivity index (χ1) is 15.0. The van der Waals surface area contributed by atoms with Gasteiger partial charge in [0.15, 0.2) is 11.5 Å². The zero-order valence-electron chi connectivity index (χ0n) is 18.5. The van der Waals surface area contributed by atoms with Gasteiger partial charge in [0.25, 0.3) is 5.56 Å². The first-order valence-electron chi connectivity index (χ1n) is 11.5. The van der Waals surface area contributed by atoms with Gasteiger partial charge in [0.05, 0.1) is 5.69 Å². The summed E-state index contributed by atoms with van der Waals surface area (Å²) < 4.78 is 10.9. The number of hydrogen-bond donors (Lipinski definition) is 1. The van der Waals surface area contributed by atoms with Crippen LogP contribution in [0, 0.1) is 11.8 Å². The van der Waals surface area contributed by atoms with E-state index in [1.54, 1.807) is 0 Å². The van der Waals surface area contributed by atoms with Crippen molar-refractivity contribution in [3.05, 3.63) is 45.4 Å². The number of benzene rings is 1. The summed E-state index contributed by atoms with van der Waals surface area (Å²) in [5.74, 6) is 3.57. The van der Waals surface area contributed by atoms with E-state index in [2.05, 4.69) is 40.8 Å². The maximum atomic E-state index is 12.7. The smallest absolute Gasteiger partial charge is 0.255 e.